The summed E-state index contributed by atoms with van der Waals surface area (Å²) in [6.45, 7) is 2.04. The molecule has 0 unspecified atom stereocenters. The number of esters is 1. The number of carbonyl (C=O) groups is 2. The van der Waals surface area contributed by atoms with Crippen LogP contribution in [0.15, 0.2) is 40.1 Å². The standard InChI is InChI=1S/C12H10O3S/c1-2-15-11(13)7-10-12(14)8-5-3-4-6-9(8)16-10/h3-7H,2H2,1H3/b10-7+. The second-order valence-electron chi connectivity index (χ2n) is 3.19. The molecule has 16 heavy (non-hydrogen) atoms. The molecule has 0 atom stereocenters. The quantitative estimate of drug-likeness (QED) is 0.582. The maximum absolute atomic E-state index is 11.8. The molecule has 3 nitrogen and oxygen atoms in total. The SMILES string of the molecule is CCOC(=O)/C=C1/Sc2ccccc2C1=O. The minimum Gasteiger partial charge on any atom is -0.463 e. The highest BCUT2D eigenvalue weighted by Gasteiger charge is 2.26. The molecule has 82 valence electrons. The molecule has 1 heterocycles. The molecule has 0 aromatic heterocycles. The normalized spacial score (nSPS) is 16.3. The number of rotatable bonds is 2. The summed E-state index contributed by atoms with van der Waals surface area (Å²) in [7, 11) is 0. The molecule has 0 aliphatic carbocycles. The van der Waals surface area contributed by atoms with Gasteiger partial charge in [-0.05, 0) is 19.1 Å². The molecule has 0 radical (unpaired) electrons. The molecule has 0 saturated heterocycles. The van der Waals surface area contributed by atoms with E-state index in [4.69, 9.17) is 4.74 Å². The Kier molecular flexibility index (Phi) is 3.10. The summed E-state index contributed by atoms with van der Waals surface area (Å²) in [5.74, 6) is -0.570. The zero-order valence-electron chi connectivity index (χ0n) is 8.73. The second-order valence-corrected chi connectivity index (χ2v) is 4.27. The Bertz CT molecular complexity index is 477. The first-order valence-corrected chi connectivity index (χ1v) is 5.74. The molecule has 4 heteroatoms. The van der Waals surface area contributed by atoms with Crippen molar-refractivity contribution in [2.24, 2.45) is 0 Å². The van der Waals surface area contributed by atoms with E-state index in [0.717, 1.165) is 4.90 Å². The van der Waals surface area contributed by atoms with Gasteiger partial charge >= 0.3 is 5.97 Å². The third kappa shape index (κ3) is 2.02. The van der Waals surface area contributed by atoms with Crippen LogP contribution in [-0.2, 0) is 9.53 Å². The number of ether oxygens (including phenoxy) is 1. The van der Waals surface area contributed by atoms with E-state index in [2.05, 4.69) is 0 Å². The third-order valence-corrected chi connectivity index (χ3v) is 3.21. The van der Waals surface area contributed by atoms with Crippen molar-refractivity contribution in [3.8, 4) is 0 Å². The molecule has 0 amide bonds. The van der Waals surface area contributed by atoms with Crippen LogP contribution in [0.2, 0.25) is 0 Å². The largest absolute Gasteiger partial charge is 0.463 e. The number of hydrogen-bond donors (Lipinski definition) is 0. The summed E-state index contributed by atoms with van der Waals surface area (Å²) in [4.78, 5) is 24.4. The fourth-order valence-electron chi connectivity index (χ4n) is 1.43. The van der Waals surface area contributed by atoms with Crippen molar-refractivity contribution in [3.63, 3.8) is 0 Å². The number of fused-ring (bicyclic) bond motifs is 1. The lowest BCUT2D eigenvalue weighted by molar-refractivity contribution is -0.137. The topological polar surface area (TPSA) is 43.4 Å². The molecule has 2 rings (SSSR count). The number of allylic oxidation sites excluding steroid dienone is 1. The van der Waals surface area contributed by atoms with Gasteiger partial charge in [0.05, 0.1) is 11.5 Å². The van der Waals surface area contributed by atoms with Crippen molar-refractivity contribution < 1.29 is 14.3 Å². The Morgan fingerprint density at radius 2 is 2.19 bits per heavy atom. The molecule has 1 aliphatic heterocycles. The first-order valence-electron chi connectivity index (χ1n) is 4.92. The van der Waals surface area contributed by atoms with E-state index in [0.29, 0.717) is 17.1 Å². The predicted molar refractivity (Wildman–Crippen MR) is 61.3 cm³/mol. The van der Waals surface area contributed by atoms with Crippen LogP contribution in [0.1, 0.15) is 17.3 Å². The number of hydrogen-bond acceptors (Lipinski definition) is 4. The maximum atomic E-state index is 11.8. The zero-order valence-corrected chi connectivity index (χ0v) is 9.54. The van der Waals surface area contributed by atoms with E-state index in [1.54, 1.807) is 13.0 Å². The van der Waals surface area contributed by atoms with E-state index in [-0.39, 0.29) is 5.78 Å². The average molecular weight is 234 g/mol. The molecular weight excluding hydrogens is 224 g/mol. The van der Waals surface area contributed by atoms with Gasteiger partial charge in [-0.15, -0.1) is 0 Å². The van der Waals surface area contributed by atoms with Gasteiger partial charge in [0.1, 0.15) is 0 Å². The number of Topliss-reactive ketones (excluding diaryl/α,β-unsaturated/α-hetero) is 1. The van der Waals surface area contributed by atoms with Crippen LogP contribution in [0, 0.1) is 0 Å². The number of thioether (sulfide) groups is 1. The van der Waals surface area contributed by atoms with Gasteiger partial charge in [-0.3, -0.25) is 4.79 Å². The summed E-state index contributed by atoms with van der Waals surface area (Å²) < 4.78 is 4.77. The second kappa shape index (κ2) is 4.53. The van der Waals surface area contributed by atoms with Gasteiger partial charge in [0.2, 0.25) is 5.78 Å². The van der Waals surface area contributed by atoms with Crippen molar-refractivity contribution in [3.05, 3.63) is 40.8 Å². The molecule has 1 aliphatic rings. The molecule has 0 bridgehead atoms. The Balaban J connectivity index is 2.25. The van der Waals surface area contributed by atoms with Gasteiger partial charge < -0.3 is 4.74 Å². The first-order chi connectivity index (χ1) is 7.72. The summed E-state index contributed by atoms with van der Waals surface area (Å²) in [5.41, 5.74) is 0.656. The number of ketones is 1. The molecule has 1 aromatic rings. The van der Waals surface area contributed by atoms with Crippen molar-refractivity contribution >= 4 is 23.5 Å². The van der Waals surface area contributed by atoms with Crippen LogP contribution in [0.4, 0.5) is 0 Å². The van der Waals surface area contributed by atoms with Crippen molar-refractivity contribution in [1.82, 2.24) is 0 Å². The van der Waals surface area contributed by atoms with Gasteiger partial charge in [0.15, 0.2) is 0 Å². The highest BCUT2D eigenvalue weighted by atomic mass is 32.2. The lowest BCUT2D eigenvalue weighted by Crippen LogP contribution is -2.02. The summed E-state index contributed by atoms with van der Waals surface area (Å²) >= 11 is 1.31. The third-order valence-electron chi connectivity index (χ3n) is 2.11. The Labute approximate surface area is 97.5 Å². The molecule has 0 fully saturated rings. The van der Waals surface area contributed by atoms with E-state index < -0.39 is 5.97 Å². The van der Waals surface area contributed by atoms with Crippen LogP contribution >= 0.6 is 11.8 Å². The zero-order chi connectivity index (χ0) is 11.5. The maximum Gasteiger partial charge on any atom is 0.332 e. The van der Waals surface area contributed by atoms with Crippen LogP contribution in [0.3, 0.4) is 0 Å². The van der Waals surface area contributed by atoms with Crippen LogP contribution in [-0.4, -0.2) is 18.4 Å². The minimum absolute atomic E-state index is 0.103. The summed E-state index contributed by atoms with van der Waals surface area (Å²) in [6, 6.07) is 7.30. The van der Waals surface area contributed by atoms with Gasteiger partial charge in [-0.1, -0.05) is 23.9 Å². The highest BCUT2D eigenvalue weighted by Crippen LogP contribution is 2.39. The lowest BCUT2D eigenvalue weighted by atomic mass is 10.1. The minimum atomic E-state index is -0.467. The smallest absolute Gasteiger partial charge is 0.332 e. The monoisotopic (exact) mass is 234 g/mol. The van der Waals surface area contributed by atoms with Crippen molar-refractivity contribution in [1.29, 1.82) is 0 Å². The van der Waals surface area contributed by atoms with Crippen molar-refractivity contribution in [2.75, 3.05) is 6.61 Å². The molecule has 1 aromatic carbocycles. The van der Waals surface area contributed by atoms with Gasteiger partial charge in [-0.25, -0.2) is 4.79 Å². The fraction of sp³-hybridized carbons (Fsp3) is 0.167. The van der Waals surface area contributed by atoms with E-state index in [1.165, 1.54) is 17.8 Å². The number of carbonyl (C=O) groups excluding carboxylic acids is 2. The molecule has 0 spiro atoms. The first kappa shape index (κ1) is 11.0. The highest BCUT2D eigenvalue weighted by molar-refractivity contribution is 8.04. The molecular formula is C12H10O3S. The van der Waals surface area contributed by atoms with Crippen LogP contribution in [0.5, 0.6) is 0 Å². The Hall–Kier alpha value is -1.55. The molecule has 0 N–H and O–H groups in total. The van der Waals surface area contributed by atoms with Gasteiger partial charge in [-0.2, -0.15) is 0 Å². The average Bonchev–Trinajstić information content (AvgIpc) is 2.57. The Morgan fingerprint density at radius 3 is 2.88 bits per heavy atom. The van der Waals surface area contributed by atoms with E-state index in [1.807, 2.05) is 18.2 Å². The number of benzene rings is 1. The van der Waals surface area contributed by atoms with Gasteiger partial charge in [0, 0.05) is 16.5 Å². The van der Waals surface area contributed by atoms with Crippen LogP contribution in [0.25, 0.3) is 0 Å². The van der Waals surface area contributed by atoms with E-state index >= 15 is 0 Å². The summed E-state index contributed by atoms with van der Waals surface area (Å²) in [5, 5.41) is 0. The molecule has 0 saturated carbocycles. The van der Waals surface area contributed by atoms with Crippen LogP contribution < -0.4 is 0 Å². The predicted octanol–water partition coefficient (Wildman–Crippen LogP) is 2.42. The lowest BCUT2D eigenvalue weighted by Gasteiger charge is -1.96. The van der Waals surface area contributed by atoms with E-state index in [9.17, 15) is 9.59 Å². The Morgan fingerprint density at radius 1 is 1.44 bits per heavy atom. The van der Waals surface area contributed by atoms with Crippen molar-refractivity contribution in [2.45, 2.75) is 11.8 Å². The van der Waals surface area contributed by atoms with Gasteiger partial charge in [0.25, 0.3) is 0 Å². The summed E-state index contributed by atoms with van der Waals surface area (Å²) in [6.07, 6.45) is 1.26. The fourth-order valence-corrected chi connectivity index (χ4v) is 2.44.